The van der Waals surface area contributed by atoms with Crippen LogP contribution in [0.1, 0.15) is 5.56 Å². The summed E-state index contributed by atoms with van der Waals surface area (Å²) in [5.74, 6) is -0.695. The van der Waals surface area contributed by atoms with Crippen molar-refractivity contribution in [2.24, 2.45) is 5.10 Å². The molecule has 0 aliphatic carbocycles. The lowest BCUT2D eigenvalue weighted by Gasteiger charge is -2.07. The molecule has 31 heavy (non-hydrogen) atoms. The van der Waals surface area contributed by atoms with Crippen LogP contribution in [0.2, 0.25) is 0 Å². The lowest BCUT2D eigenvalue weighted by Crippen LogP contribution is -2.24. The van der Waals surface area contributed by atoms with Crippen LogP contribution in [-0.4, -0.2) is 35.9 Å². The van der Waals surface area contributed by atoms with Crippen molar-refractivity contribution in [3.8, 4) is 28.4 Å². The molecule has 2 N–H and O–H groups in total. The Balaban J connectivity index is 1.57. The third kappa shape index (κ3) is 5.36. The molecule has 3 aromatic rings. The summed E-state index contributed by atoms with van der Waals surface area (Å²) >= 11 is 0. The molecular formula is C22H19N3O6. The SMILES string of the molecule is COc1c(O)ccc(/C=N\NC(=O)COc2ccc(-c3ccccc3)cc2)c1[N+](=O)[O-]. The van der Waals surface area contributed by atoms with E-state index < -0.39 is 16.5 Å². The number of aromatic hydroxyl groups is 1. The molecule has 9 nitrogen and oxygen atoms in total. The molecule has 0 spiro atoms. The van der Waals surface area contributed by atoms with Crippen molar-refractivity contribution >= 4 is 17.8 Å². The maximum absolute atomic E-state index is 11.9. The van der Waals surface area contributed by atoms with Gasteiger partial charge in [0.2, 0.25) is 5.75 Å². The Hall–Kier alpha value is -4.40. The molecule has 0 heterocycles. The first-order chi connectivity index (χ1) is 15.0. The number of hydrogen-bond donors (Lipinski definition) is 2. The Kier molecular flexibility index (Phi) is 6.79. The van der Waals surface area contributed by atoms with E-state index in [1.807, 2.05) is 42.5 Å². The van der Waals surface area contributed by atoms with E-state index in [-0.39, 0.29) is 23.7 Å². The number of benzene rings is 3. The zero-order chi connectivity index (χ0) is 22.2. The summed E-state index contributed by atoms with van der Waals surface area (Å²) in [4.78, 5) is 22.5. The Labute approximate surface area is 177 Å². The van der Waals surface area contributed by atoms with Crippen molar-refractivity contribution in [1.29, 1.82) is 0 Å². The van der Waals surface area contributed by atoms with Gasteiger partial charge in [-0.25, -0.2) is 5.43 Å². The molecule has 0 fully saturated rings. The summed E-state index contributed by atoms with van der Waals surface area (Å²) in [5, 5.41) is 24.7. The molecule has 9 heteroatoms. The summed E-state index contributed by atoms with van der Waals surface area (Å²) < 4.78 is 10.3. The van der Waals surface area contributed by atoms with Crippen LogP contribution in [0.25, 0.3) is 11.1 Å². The summed E-state index contributed by atoms with van der Waals surface area (Å²) in [5.41, 5.74) is 3.92. The summed E-state index contributed by atoms with van der Waals surface area (Å²) in [6.07, 6.45) is 1.09. The number of hydrazone groups is 1. The molecule has 0 saturated carbocycles. The van der Waals surface area contributed by atoms with E-state index in [4.69, 9.17) is 9.47 Å². The van der Waals surface area contributed by atoms with Gasteiger partial charge in [0, 0.05) is 0 Å². The number of methoxy groups -OCH3 is 1. The second-order valence-electron chi connectivity index (χ2n) is 6.29. The number of nitrogens with one attached hydrogen (secondary N) is 1. The van der Waals surface area contributed by atoms with Crippen LogP contribution >= 0.6 is 0 Å². The maximum Gasteiger partial charge on any atom is 0.323 e. The number of carbonyl (C=O) groups excluding carboxylic acids is 1. The van der Waals surface area contributed by atoms with Gasteiger partial charge < -0.3 is 14.6 Å². The first-order valence-corrected chi connectivity index (χ1v) is 9.14. The van der Waals surface area contributed by atoms with Gasteiger partial charge in [-0.15, -0.1) is 0 Å². The van der Waals surface area contributed by atoms with Gasteiger partial charge in [0.05, 0.1) is 23.8 Å². The number of carbonyl (C=O) groups is 1. The van der Waals surface area contributed by atoms with Crippen molar-refractivity contribution in [1.82, 2.24) is 5.43 Å². The molecule has 0 bridgehead atoms. The molecule has 3 rings (SSSR count). The fraction of sp³-hybridized carbons (Fsp3) is 0.0909. The van der Waals surface area contributed by atoms with Crippen LogP contribution < -0.4 is 14.9 Å². The predicted molar refractivity (Wildman–Crippen MR) is 114 cm³/mol. The number of nitro benzene ring substituents is 1. The maximum atomic E-state index is 11.9. The molecule has 3 aromatic carbocycles. The van der Waals surface area contributed by atoms with Crippen LogP contribution in [0.5, 0.6) is 17.2 Å². The van der Waals surface area contributed by atoms with E-state index in [2.05, 4.69) is 10.5 Å². The molecule has 0 unspecified atom stereocenters. The zero-order valence-electron chi connectivity index (χ0n) is 16.5. The Morgan fingerprint density at radius 1 is 1.10 bits per heavy atom. The number of rotatable bonds is 8. The standard InChI is InChI=1S/C22H19N3O6/c1-30-22-19(26)12-9-17(21(22)25(28)29)13-23-24-20(27)14-31-18-10-7-16(8-11-18)15-5-3-2-4-6-15/h2-13,26H,14H2,1H3,(H,24,27)/b23-13-. The number of nitrogens with zero attached hydrogens (tertiary/aromatic N) is 2. The minimum Gasteiger partial charge on any atom is -0.504 e. The second-order valence-corrected chi connectivity index (χ2v) is 6.29. The number of nitro groups is 1. The van der Waals surface area contributed by atoms with E-state index >= 15 is 0 Å². The third-order valence-corrected chi connectivity index (χ3v) is 4.25. The first-order valence-electron chi connectivity index (χ1n) is 9.14. The molecule has 1 amide bonds. The molecular weight excluding hydrogens is 402 g/mol. The van der Waals surface area contributed by atoms with Crippen molar-refractivity contribution in [3.05, 3.63) is 82.4 Å². The normalized spacial score (nSPS) is 10.6. The molecule has 158 valence electrons. The average Bonchev–Trinajstić information content (AvgIpc) is 2.79. The molecule has 0 aliphatic heterocycles. The highest BCUT2D eigenvalue weighted by molar-refractivity contribution is 5.89. The molecule has 0 atom stereocenters. The second kappa shape index (κ2) is 9.88. The van der Waals surface area contributed by atoms with E-state index in [1.54, 1.807) is 12.1 Å². The monoisotopic (exact) mass is 421 g/mol. The van der Waals surface area contributed by atoms with Gasteiger partial charge in [0.15, 0.2) is 12.4 Å². The zero-order valence-corrected chi connectivity index (χ0v) is 16.5. The van der Waals surface area contributed by atoms with Crippen LogP contribution in [0, 0.1) is 10.1 Å². The Morgan fingerprint density at radius 3 is 2.42 bits per heavy atom. The number of hydrogen-bond acceptors (Lipinski definition) is 7. The number of ether oxygens (including phenoxy) is 2. The lowest BCUT2D eigenvalue weighted by atomic mass is 10.1. The van der Waals surface area contributed by atoms with Crippen LogP contribution in [0.15, 0.2) is 71.8 Å². The summed E-state index contributed by atoms with van der Waals surface area (Å²) in [7, 11) is 1.20. The van der Waals surface area contributed by atoms with Crippen LogP contribution in [0.4, 0.5) is 5.69 Å². The molecule has 0 saturated heterocycles. The first kappa shape index (κ1) is 21.3. The van der Waals surface area contributed by atoms with E-state index in [0.29, 0.717) is 5.75 Å². The lowest BCUT2D eigenvalue weighted by molar-refractivity contribution is -0.386. The largest absolute Gasteiger partial charge is 0.504 e. The highest BCUT2D eigenvalue weighted by Crippen LogP contribution is 2.37. The fourth-order valence-electron chi connectivity index (χ4n) is 2.80. The van der Waals surface area contributed by atoms with Crippen molar-refractivity contribution in [2.45, 2.75) is 0 Å². The Bertz CT molecular complexity index is 1100. The van der Waals surface area contributed by atoms with Gasteiger partial charge in [-0.3, -0.25) is 14.9 Å². The molecule has 0 aromatic heterocycles. The van der Waals surface area contributed by atoms with Crippen LogP contribution in [0.3, 0.4) is 0 Å². The van der Waals surface area contributed by atoms with Gasteiger partial charge in [0.25, 0.3) is 5.91 Å². The van der Waals surface area contributed by atoms with Gasteiger partial charge in [-0.1, -0.05) is 42.5 Å². The number of phenolic OH excluding ortho intramolecular Hbond substituents is 1. The van der Waals surface area contributed by atoms with Crippen molar-refractivity contribution < 1.29 is 24.3 Å². The van der Waals surface area contributed by atoms with Gasteiger partial charge in [0.1, 0.15) is 5.75 Å². The minimum atomic E-state index is -0.704. The van der Waals surface area contributed by atoms with E-state index in [1.165, 1.54) is 19.2 Å². The number of amides is 1. The fourth-order valence-corrected chi connectivity index (χ4v) is 2.80. The van der Waals surface area contributed by atoms with Gasteiger partial charge >= 0.3 is 5.69 Å². The van der Waals surface area contributed by atoms with E-state index in [0.717, 1.165) is 17.3 Å². The topological polar surface area (TPSA) is 123 Å². The van der Waals surface area contributed by atoms with Crippen molar-refractivity contribution in [3.63, 3.8) is 0 Å². The van der Waals surface area contributed by atoms with Gasteiger partial charge in [-0.05, 0) is 35.4 Å². The summed E-state index contributed by atoms with van der Waals surface area (Å²) in [6, 6.07) is 19.6. The van der Waals surface area contributed by atoms with Crippen molar-refractivity contribution in [2.75, 3.05) is 13.7 Å². The highest BCUT2D eigenvalue weighted by atomic mass is 16.6. The van der Waals surface area contributed by atoms with E-state index in [9.17, 15) is 20.0 Å². The molecule has 0 aliphatic rings. The highest BCUT2D eigenvalue weighted by Gasteiger charge is 2.23. The average molecular weight is 421 g/mol. The quantitative estimate of drug-likeness (QED) is 0.326. The van der Waals surface area contributed by atoms with Gasteiger partial charge in [-0.2, -0.15) is 5.10 Å². The Morgan fingerprint density at radius 2 is 1.77 bits per heavy atom. The van der Waals surface area contributed by atoms with Crippen LogP contribution in [-0.2, 0) is 4.79 Å². The minimum absolute atomic E-state index is 0.0531. The third-order valence-electron chi connectivity index (χ3n) is 4.25. The molecule has 0 radical (unpaired) electrons. The summed E-state index contributed by atoms with van der Waals surface area (Å²) in [6.45, 7) is -0.289. The smallest absolute Gasteiger partial charge is 0.323 e. The number of phenols is 1. The predicted octanol–water partition coefficient (Wildman–Crippen LogP) is 3.51.